The minimum absolute atomic E-state index is 0.275. The van der Waals surface area contributed by atoms with Crippen LogP contribution in [0.15, 0.2) is 42.7 Å². The quantitative estimate of drug-likeness (QED) is 0.650. The van der Waals surface area contributed by atoms with Crippen molar-refractivity contribution in [2.75, 3.05) is 0 Å². The fraction of sp³-hybridized carbons (Fsp3) is 0.0667. The van der Waals surface area contributed by atoms with Crippen LogP contribution in [0.25, 0.3) is 10.8 Å². The highest BCUT2D eigenvalue weighted by molar-refractivity contribution is 6.34. The number of halogens is 2. The molecule has 0 spiro atoms. The van der Waals surface area contributed by atoms with Crippen molar-refractivity contribution >= 4 is 22.4 Å². The highest BCUT2D eigenvalue weighted by atomic mass is 35.5. The summed E-state index contributed by atoms with van der Waals surface area (Å²) in [5, 5.41) is 1.84. The summed E-state index contributed by atoms with van der Waals surface area (Å²) in [6.45, 7) is 1.67. The molecule has 0 bridgehead atoms. The first-order chi connectivity index (χ1) is 9.65. The number of aromatic nitrogens is 2. The molecule has 2 aromatic heterocycles. The van der Waals surface area contributed by atoms with Crippen LogP contribution in [0.3, 0.4) is 0 Å². The number of fused-ring (bicyclic) bond motifs is 1. The number of rotatable bonds is 2. The van der Waals surface area contributed by atoms with Gasteiger partial charge in [-0.15, -0.1) is 0 Å². The van der Waals surface area contributed by atoms with Gasteiger partial charge in [0.1, 0.15) is 16.7 Å². The Labute approximate surface area is 120 Å². The molecule has 0 aliphatic heterocycles. The van der Waals surface area contributed by atoms with Crippen LogP contribution in [0.1, 0.15) is 5.56 Å². The lowest BCUT2D eigenvalue weighted by molar-refractivity contribution is 0.466. The van der Waals surface area contributed by atoms with Crippen molar-refractivity contribution in [3.05, 3.63) is 59.3 Å². The maximum Gasteiger partial charge on any atom is 0.230 e. The molecule has 100 valence electrons. The Morgan fingerprint density at radius 1 is 1.10 bits per heavy atom. The van der Waals surface area contributed by atoms with Crippen LogP contribution >= 0.6 is 11.6 Å². The number of nitrogens with zero attached hydrogens (tertiary/aromatic N) is 2. The van der Waals surface area contributed by atoms with Gasteiger partial charge in [0.15, 0.2) is 0 Å². The van der Waals surface area contributed by atoms with Crippen LogP contribution in [-0.2, 0) is 0 Å². The summed E-state index contributed by atoms with van der Waals surface area (Å²) in [6.07, 6.45) is 3.25. The summed E-state index contributed by atoms with van der Waals surface area (Å²) < 4.78 is 19.0. The molecule has 1 aromatic carbocycles. The minimum Gasteiger partial charge on any atom is -0.438 e. The van der Waals surface area contributed by atoms with Crippen molar-refractivity contribution in [1.82, 2.24) is 9.97 Å². The second-order valence-corrected chi connectivity index (χ2v) is 4.69. The van der Waals surface area contributed by atoms with E-state index >= 15 is 0 Å². The smallest absolute Gasteiger partial charge is 0.230 e. The molecule has 0 fully saturated rings. The lowest BCUT2D eigenvalue weighted by Gasteiger charge is -2.09. The van der Waals surface area contributed by atoms with E-state index < -0.39 is 0 Å². The van der Waals surface area contributed by atoms with Crippen LogP contribution in [0.2, 0.25) is 5.15 Å². The van der Waals surface area contributed by atoms with Gasteiger partial charge in [0.05, 0.1) is 5.39 Å². The minimum atomic E-state index is -0.275. The summed E-state index contributed by atoms with van der Waals surface area (Å²) >= 11 is 6.09. The van der Waals surface area contributed by atoms with Crippen LogP contribution in [0.4, 0.5) is 4.39 Å². The summed E-state index contributed by atoms with van der Waals surface area (Å²) in [6, 6.07) is 8.17. The van der Waals surface area contributed by atoms with E-state index in [2.05, 4.69) is 9.97 Å². The lowest BCUT2D eigenvalue weighted by Crippen LogP contribution is -1.92. The van der Waals surface area contributed by atoms with Gasteiger partial charge in [-0.25, -0.2) is 14.4 Å². The van der Waals surface area contributed by atoms with Gasteiger partial charge in [0, 0.05) is 12.4 Å². The molecule has 0 saturated heterocycles. The van der Waals surface area contributed by atoms with Gasteiger partial charge in [0.25, 0.3) is 0 Å². The molecule has 0 radical (unpaired) electrons. The fourth-order valence-corrected chi connectivity index (χ4v) is 2.17. The number of benzene rings is 1. The standard InChI is InChI=1S/C15H10ClFN2O/c1-9-8-11(2-3-12(9)17)20-15-13-10(5-7-19-15)4-6-18-14(13)16/h2-8H,1H3. The molecule has 0 aliphatic carbocycles. The Morgan fingerprint density at radius 2 is 1.85 bits per heavy atom. The molecule has 0 atom stereocenters. The zero-order valence-electron chi connectivity index (χ0n) is 10.6. The van der Waals surface area contributed by atoms with E-state index in [-0.39, 0.29) is 5.82 Å². The van der Waals surface area contributed by atoms with Gasteiger partial charge in [-0.1, -0.05) is 11.6 Å². The summed E-state index contributed by atoms with van der Waals surface area (Å²) in [7, 11) is 0. The molecular weight excluding hydrogens is 279 g/mol. The third-order valence-corrected chi connectivity index (χ3v) is 3.23. The van der Waals surface area contributed by atoms with Gasteiger partial charge >= 0.3 is 0 Å². The fourth-order valence-electron chi connectivity index (χ4n) is 1.92. The largest absolute Gasteiger partial charge is 0.438 e. The predicted molar refractivity (Wildman–Crippen MR) is 75.8 cm³/mol. The van der Waals surface area contributed by atoms with Crippen LogP contribution in [-0.4, -0.2) is 9.97 Å². The van der Waals surface area contributed by atoms with Crippen molar-refractivity contribution < 1.29 is 9.13 Å². The van der Waals surface area contributed by atoms with E-state index in [4.69, 9.17) is 16.3 Å². The second kappa shape index (κ2) is 5.06. The lowest BCUT2D eigenvalue weighted by atomic mass is 10.2. The Kier molecular flexibility index (Phi) is 3.24. The maximum absolute atomic E-state index is 13.3. The van der Waals surface area contributed by atoms with Crippen molar-refractivity contribution in [2.24, 2.45) is 0 Å². The third-order valence-electron chi connectivity index (χ3n) is 2.94. The number of hydrogen-bond acceptors (Lipinski definition) is 3. The van der Waals surface area contributed by atoms with Gasteiger partial charge in [-0.05, 0) is 48.2 Å². The maximum atomic E-state index is 13.3. The molecule has 0 saturated carbocycles. The molecule has 0 N–H and O–H groups in total. The first-order valence-corrected chi connectivity index (χ1v) is 6.36. The Bertz CT molecular complexity index is 787. The first kappa shape index (κ1) is 12.8. The van der Waals surface area contributed by atoms with E-state index in [0.717, 1.165) is 5.39 Å². The molecule has 0 unspecified atom stereocenters. The molecule has 3 nitrogen and oxygen atoms in total. The number of ether oxygens (including phenoxy) is 1. The average molecular weight is 289 g/mol. The van der Waals surface area contributed by atoms with E-state index in [1.807, 2.05) is 12.1 Å². The summed E-state index contributed by atoms with van der Waals surface area (Å²) in [5.74, 6) is 0.582. The number of hydrogen-bond donors (Lipinski definition) is 0. The second-order valence-electron chi connectivity index (χ2n) is 4.33. The van der Waals surface area contributed by atoms with Crippen molar-refractivity contribution in [3.8, 4) is 11.6 Å². The van der Waals surface area contributed by atoms with Crippen LogP contribution < -0.4 is 4.74 Å². The number of aryl methyl sites for hydroxylation is 1. The Morgan fingerprint density at radius 3 is 2.60 bits per heavy atom. The SMILES string of the molecule is Cc1cc(Oc2nccc3ccnc(Cl)c23)ccc1F. The molecule has 0 aliphatic rings. The molecule has 5 heteroatoms. The number of pyridine rings is 2. The molecule has 3 aromatic rings. The van der Waals surface area contributed by atoms with Gasteiger partial charge in [0.2, 0.25) is 5.88 Å². The van der Waals surface area contributed by atoms with Gasteiger partial charge in [-0.2, -0.15) is 0 Å². The first-order valence-electron chi connectivity index (χ1n) is 5.98. The van der Waals surface area contributed by atoms with Crippen LogP contribution in [0, 0.1) is 12.7 Å². The van der Waals surface area contributed by atoms with Crippen molar-refractivity contribution in [3.63, 3.8) is 0 Å². The molecule has 2 heterocycles. The van der Waals surface area contributed by atoms with Crippen molar-refractivity contribution in [1.29, 1.82) is 0 Å². The highest BCUT2D eigenvalue weighted by Crippen LogP contribution is 2.32. The average Bonchev–Trinajstić information content (AvgIpc) is 2.43. The molecule has 3 rings (SSSR count). The van der Waals surface area contributed by atoms with E-state index in [1.165, 1.54) is 6.07 Å². The van der Waals surface area contributed by atoms with E-state index in [9.17, 15) is 4.39 Å². The van der Waals surface area contributed by atoms with E-state index in [1.54, 1.807) is 31.5 Å². The highest BCUT2D eigenvalue weighted by Gasteiger charge is 2.10. The van der Waals surface area contributed by atoms with Gasteiger partial charge < -0.3 is 4.74 Å². The Balaban J connectivity index is 2.08. The van der Waals surface area contributed by atoms with Crippen LogP contribution in [0.5, 0.6) is 11.6 Å². The zero-order chi connectivity index (χ0) is 14.1. The van der Waals surface area contributed by atoms with Crippen molar-refractivity contribution in [2.45, 2.75) is 6.92 Å². The Hall–Kier alpha value is -2.20. The normalized spacial score (nSPS) is 10.8. The van der Waals surface area contributed by atoms with Gasteiger partial charge in [-0.3, -0.25) is 0 Å². The third kappa shape index (κ3) is 2.30. The predicted octanol–water partition coefficient (Wildman–Crippen LogP) is 4.52. The monoisotopic (exact) mass is 288 g/mol. The topological polar surface area (TPSA) is 35.0 Å². The molecule has 20 heavy (non-hydrogen) atoms. The zero-order valence-corrected chi connectivity index (χ0v) is 11.4. The molecular formula is C15H10ClFN2O. The molecule has 0 amide bonds. The summed E-state index contributed by atoms with van der Waals surface area (Å²) in [4.78, 5) is 8.20. The summed E-state index contributed by atoms with van der Waals surface area (Å²) in [5.41, 5.74) is 0.506. The van der Waals surface area contributed by atoms with E-state index in [0.29, 0.717) is 27.7 Å².